The van der Waals surface area contributed by atoms with Crippen molar-refractivity contribution in [3.8, 4) is 5.75 Å². The Kier molecular flexibility index (Phi) is 5.05. The summed E-state index contributed by atoms with van der Waals surface area (Å²) in [5.41, 5.74) is -6.56. The van der Waals surface area contributed by atoms with E-state index in [9.17, 15) is 34.8 Å². The average molecular weight is 394 g/mol. The molecule has 0 saturated carbocycles. The van der Waals surface area contributed by atoms with Crippen LogP contribution >= 0.6 is 0 Å². The van der Waals surface area contributed by atoms with Gasteiger partial charge in [-0.25, -0.2) is 0 Å². The van der Waals surface area contributed by atoms with Gasteiger partial charge < -0.3 is 29.9 Å². The fraction of sp³-hybridized carbons (Fsp3) is 0.526. The number of aliphatic hydroxyl groups excluding tert-OH is 1. The number of hydrogen-bond acceptors (Lipinski definition) is 9. The molecule has 1 heterocycles. The lowest BCUT2D eigenvalue weighted by Crippen LogP contribution is -2.81. The molecule has 0 spiro atoms. The van der Waals surface area contributed by atoms with Crippen molar-refractivity contribution in [3.05, 3.63) is 29.3 Å². The Hall–Kier alpha value is -2.33. The highest BCUT2D eigenvalue weighted by Crippen LogP contribution is 2.49. The number of ketones is 2. The normalized spacial score (nSPS) is 34.5. The van der Waals surface area contributed by atoms with Gasteiger partial charge in [0.05, 0.1) is 31.3 Å². The Morgan fingerprint density at radius 1 is 1.21 bits per heavy atom. The van der Waals surface area contributed by atoms with Gasteiger partial charge in [-0.3, -0.25) is 14.4 Å². The van der Waals surface area contributed by atoms with Crippen LogP contribution in [0.3, 0.4) is 0 Å². The summed E-state index contributed by atoms with van der Waals surface area (Å²) in [5, 5.41) is 43.4. The van der Waals surface area contributed by atoms with E-state index in [0.29, 0.717) is 6.42 Å². The Morgan fingerprint density at radius 3 is 2.50 bits per heavy atom. The fourth-order valence-corrected chi connectivity index (χ4v) is 4.06. The van der Waals surface area contributed by atoms with Crippen LogP contribution in [0.25, 0.3) is 0 Å². The fourth-order valence-electron chi connectivity index (χ4n) is 4.06. The van der Waals surface area contributed by atoms with Gasteiger partial charge in [0.1, 0.15) is 11.9 Å². The van der Waals surface area contributed by atoms with Gasteiger partial charge in [-0.15, -0.1) is 0 Å². The molecule has 5 atom stereocenters. The second-order valence-electron chi connectivity index (χ2n) is 7.07. The molecule has 152 valence electrons. The molecule has 3 rings (SSSR count). The topological polar surface area (TPSA) is 151 Å². The maximum atomic E-state index is 13.2. The number of phenolic OH excluding ortho intramolecular Hbond substituents is 1. The molecule has 9 heteroatoms. The van der Waals surface area contributed by atoms with Crippen LogP contribution in [0.2, 0.25) is 0 Å². The SMILES string of the molecule is CCCC1OC(CC(=O)OC)C(O)C2(O)C(=O)c3cccc(O)c3C(=O)C12O. The molecule has 1 fully saturated rings. The highest BCUT2D eigenvalue weighted by atomic mass is 16.6. The Bertz CT molecular complexity index is 835. The van der Waals surface area contributed by atoms with Gasteiger partial charge >= 0.3 is 5.97 Å². The van der Waals surface area contributed by atoms with Crippen molar-refractivity contribution in [3.63, 3.8) is 0 Å². The number of aliphatic hydroxyl groups is 3. The van der Waals surface area contributed by atoms with E-state index in [0.717, 1.165) is 7.11 Å². The van der Waals surface area contributed by atoms with E-state index in [1.54, 1.807) is 6.92 Å². The van der Waals surface area contributed by atoms with Crippen molar-refractivity contribution in [2.75, 3.05) is 7.11 Å². The van der Waals surface area contributed by atoms with Gasteiger partial charge in [0.25, 0.3) is 0 Å². The number of carbonyl (C=O) groups excluding carboxylic acids is 3. The Morgan fingerprint density at radius 2 is 1.89 bits per heavy atom. The zero-order chi connectivity index (χ0) is 20.9. The van der Waals surface area contributed by atoms with E-state index in [4.69, 9.17) is 4.74 Å². The van der Waals surface area contributed by atoms with Crippen molar-refractivity contribution in [2.45, 2.75) is 55.7 Å². The number of ether oxygens (including phenoxy) is 2. The molecule has 1 aromatic rings. The zero-order valence-corrected chi connectivity index (χ0v) is 15.4. The van der Waals surface area contributed by atoms with E-state index >= 15 is 0 Å². The quantitative estimate of drug-likeness (QED) is 0.506. The molecule has 1 aliphatic carbocycles. The summed E-state index contributed by atoms with van der Waals surface area (Å²) in [6.45, 7) is 1.73. The largest absolute Gasteiger partial charge is 0.507 e. The molecule has 9 nitrogen and oxygen atoms in total. The zero-order valence-electron chi connectivity index (χ0n) is 15.4. The van der Waals surface area contributed by atoms with E-state index in [2.05, 4.69) is 4.74 Å². The lowest BCUT2D eigenvalue weighted by atomic mass is 9.59. The minimum Gasteiger partial charge on any atom is -0.507 e. The van der Waals surface area contributed by atoms with E-state index < -0.39 is 64.8 Å². The number of rotatable bonds is 4. The second-order valence-corrected chi connectivity index (χ2v) is 7.07. The third-order valence-electron chi connectivity index (χ3n) is 5.52. The van der Waals surface area contributed by atoms with Crippen LogP contribution < -0.4 is 0 Å². The monoisotopic (exact) mass is 394 g/mol. The van der Waals surface area contributed by atoms with Crippen LogP contribution in [0, 0.1) is 0 Å². The molecule has 0 amide bonds. The number of phenols is 1. The first-order chi connectivity index (χ1) is 13.1. The summed E-state index contributed by atoms with van der Waals surface area (Å²) in [6.07, 6.45) is -4.92. The number of Topliss-reactive ketones (excluding diaryl/α,β-unsaturated/α-hetero) is 2. The van der Waals surface area contributed by atoms with Gasteiger partial charge in [0, 0.05) is 5.56 Å². The molecule has 1 aromatic carbocycles. The second kappa shape index (κ2) is 6.93. The molecule has 1 saturated heterocycles. The van der Waals surface area contributed by atoms with Crippen molar-refractivity contribution in [2.24, 2.45) is 0 Å². The maximum absolute atomic E-state index is 13.2. The standard InChI is InChI=1S/C19H22O9/c1-3-5-12-18(25)17(24)14-9(6-4-7-10(14)20)15(22)19(18,26)16(23)11(28-12)8-13(21)27-2/h4,6-7,11-12,16,20,23,25-26H,3,5,8H2,1-2H3. The maximum Gasteiger partial charge on any atom is 0.308 e. The van der Waals surface area contributed by atoms with Crippen molar-refractivity contribution >= 4 is 17.5 Å². The first-order valence-electron chi connectivity index (χ1n) is 8.91. The lowest BCUT2D eigenvalue weighted by Gasteiger charge is -2.55. The highest BCUT2D eigenvalue weighted by Gasteiger charge is 2.74. The van der Waals surface area contributed by atoms with E-state index in [1.807, 2.05) is 0 Å². The number of hydrogen-bond donors (Lipinski definition) is 4. The van der Waals surface area contributed by atoms with Crippen molar-refractivity contribution in [1.82, 2.24) is 0 Å². The van der Waals surface area contributed by atoms with Crippen LogP contribution in [-0.4, -0.2) is 74.6 Å². The molecule has 0 radical (unpaired) electrons. The van der Waals surface area contributed by atoms with Gasteiger partial charge in [-0.2, -0.15) is 0 Å². The molecular weight excluding hydrogens is 372 g/mol. The third-order valence-corrected chi connectivity index (χ3v) is 5.52. The summed E-state index contributed by atoms with van der Waals surface area (Å²) in [4.78, 5) is 38.0. The highest BCUT2D eigenvalue weighted by molar-refractivity contribution is 6.23. The Balaban J connectivity index is 2.22. The van der Waals surface area contributed by atoms with Gasteiger partial charge in [-0.05, 0) is 12.5 Å². The van der Waals surface area contributed by atoms with Crippen LogP contribution in [0.5, 0.6) is 5.75 Å². The lowest BCUT2D eigenvalue weighted by molar-refractivity contribution is -0.279. The van der Waals surface area contributed by atoms with Crippen LogP contribution in [0.15, 0.2) is 18.2 Å². The van der Waals surface area contributed by atoms with E-state index in [1.165, 1.54) is 18.2 Å². The summed E-state index contributed by atoms with van der Waals surface area (Å²) in [5.74, 6) is -3.56. The number of carbonyl (C=O) groups is 3. The summed E-state index contributed by atoms with van der Waals surface area (Å²) in [6, 6.07) is 3.68. The molecule has 0 bridgehead atoms. The molecule has 4 N–H and O–H groups in total. The molecular formula is C19H22O9. The molecule has 2 aliphatic rings. The first-order valence-corrected chi connectivity index (χ1v) is 8.91. The third kappa shape index (κ3) is 2.51. The van der Waals surface area contributed by atoms with Crippen LogP contribution in [-0.2, 0) is 14.3 Å². The number of methoxy groups -OCH3 is 1. The first kappa shape index (κ1) is 20.4. The van der Waals surface area contributed by atoms with Crippen molar-refractivity contribution < 1.29 is 44.3 Å². The van der Waals surface area contributed by atoms with Crippen LogP contribution in [0.1, 0.15) is 46.9 Å². The summed E-state index contributed by atoms with van der Waals surface area (Å²) < 4.78 is 10.2. The summed E-state index contributed by atoms with van der Waals surface area (Å²) >= 11 is 0. The van der Waals surface area contributed by atoms with Crippen LogP contribution in [0.4, 0.5) is 0 Å². The summed E-state index contributed by atoms with van der Waals surface area (Å²) in [7, 11) is 1.13. The molecule has 1 aliphatic heterocycles. The van der Waals surface area contributed by atoms with E-state index in [-0.39, 0.29) is 12.0 Å². The number of fused-ring (bicyclic) bond motifs is 2. The minimum atomic E-state index is -2.96. The smallest absolute Gasteiger partial charge is 0.308 e. The number of esters is 1. The number of benzene rings is 1. The average Bonchev–Trinajstić information content (AvgIpc) is 2.67. The molecule has 0 aromatic heterocycles. The Labute approximate surface area is 160 Å². The van der Waals surface area contributed by atoms with Crippen molar-refractivity contribution in [1.29, 1.82) is 0 Å². The molecule has 5 unspecified atom stereocenters. The number of aromatic hydroxyl groups is 1. The molecule has 28 heavy (non-hydrogen) atoms. The van der Waals surface area contributed by atoms with Gasteiger partial charge in [0.15, 0.2) is 11.2 Å². The minimum absolute atomic E-state index is 0.0468. The van der Waals surface area contributed by atoms with Gasteiger partial charge in [-0.1, -0.05) is 25.5 Å². The predicted molar refractivity (Wildman–Crippen MR) is 92.9 cm³/mol. The van der Waals surface area contributed by atoms with Gasteiger partial charge in [0.2, 0.25) is 11.6 Å². The predicted octanol–water partition coefficient (Wildman–Crippen LogP) is -0.275.